The second kappa shape index (κ2) is 5.77. The molecule has 106 valence electrons. The van der Waals surface area contributed by atoms with Crippen molar-refractivity contribution in [1.82, 2.24) is 10.3 Å². The van der Waals surface area contributed by atoms with E-state index in [1.807, 2.05) is 11.8 Å². The van der Waals surface area contributed by atoms with E-state index in [2.05, 4.69) is 10.3 Å². The molecule has 1 aromatic heterocycles. The molecule has 1 aliphatic heterocycles. The Morgan fingerprint density at radius 3 is 2.89 bits per heavy atom. The highest BCUT2D eigenvalue weighted by Gasteiger charge is 2.33. The van der Waals surface area contributed by atoms with Crippen LogP contribution in [0.4, 0.5) is 19.0 Å². The number of pyridine rings is 1. The molecule has 0 saturated carbocycles. The van der Waals surface area contributed by atoms with Gasteiger partial charge in [0.1, 0.15) is 11.5 Å². The molecule has 6 heteroatoms. The highest BCUT2D eigenvalue weighted by molar-refractivity contribution is 5.40. The lowest BCUT2D eigenvalue weighted by atomic mass is 10.1. The summed E-state index contributed by atoms with van der Waals surface area (Å²) in [5, 5.41) is 3.34. The first-order valence-electron chi connectivity index (χ1n) is 6.53. The third-order valence-electron chi connectivity index (χ3n) is 3.26. The van der Waals surface area contributed by atoms with Crippen LogP contribution in [-0.2, 0) is 6.18 Å². The molecule has 2 rings (SSSR count). The van der Waals surface area contributed by atoms with E-state index in [1.165, 1.54) is 6.07 Å². The first-order valence-corrected chi connectivity index (χ1v) is 6.53. The number of aromatic nitrogens is 1. The molecule has 0 spiro atoms. The largest absolute Gasteiger partial charge is 0.433 e. The third kappa shape index (κ3) is 3.59. The summed E-state index contributed by atoms with van der Waals surface area (Å²) in [5.41, 5.74) is -0.824. The Bertz CT molecular complexity index is 418. The highest BCUT2D eigenvalue weighted by Crippen LogP contribution is 2.29. The highest BCUT2D eigenvalue weighted by atomic mass is 19.4. The third-order valence-corrected chi connectivity index (χ3v) is 3.26. The van der Waals surface area contributed by atoms with E-state index in [0.29, 0.717) is 18.4 Å². The molecule has 0 amide bonds. The molecule has 1 fully saturated rings. The van der Waals surface area contributed by atoms with Gasteiger partial charge in [-0.15, -0.1) is 0 Å². The van der Waals surface area contributed by atoms with Crippen LogP contribution in [0.5, 0.6) is 0 Å². The minimum atomic E-state index is -4.38. The lowest BCUT2D eigenvalue weighted by Gasteiger charge is -2.34. The van der Waals surface area contributed by atoms with Crippen LogP contribution in [0.15, 0.2) is 18.2 Å². The van der Waals surface area contributed by atoms with Crippen molar-refractivity contribution in [3.8, 4) is 0 Å². The fourth-order valence-electron chi connectivity index (χ4n) is 2.40. The van der Waals surface area contributed by atoms with Crippen molar-refractivity contribution in [1.29, 1.82) is 0 Å². The maximum Gasteiger partial charge on any atom is 0.433 e. The maximum atomic E-state index is 12.6. The molecule has 3 nitrogen and oxygen atoms in total. The standard InChI is InChI=1S/C13H18F3N3/c1-2-17-10-5-4-8-19(9-10)12-7-3-6-11(18-12)13(14,15)16/h3,6-7,10,17H,2,4-5,8-9H2,1H3. The number of likely N-dealkylation sites (N-methyl/N-ethyl adjacent to an activating group) is 1. The van der Waals surface area contributed by atoms with Crippen molar-refractivity contribution >= 4 is 5.82 Å². The lowest BCUT2D eigenvalue weighted by Crippen LogP contribution is -2.46. The summed E-state index contributed by atoms with van der Waals surface area (Å²) in [4.78, 5) is 5.66. The SMILES string of the molecule is CCNC1CCCN(c2cccc(C(F)(F)F)n2)C1. The summed E-state index contributed by atoms with van der Waals surface area (Å²) in [7, 11) is 0. The molecule has 0 bridgehead atoms. The quantitative estimate of drug-likeness (QED) is 0.917. The Morgan fingerprint density at radius 2 is 2.21 bits per heavy atom. The van der Waals surface area contributed by atoms with Crippen molar-refractivity contribution in [2.75, 3.05) is 24.5 Å². The molecule has 1 aliphatic rings. The number of halogens is 3. The molecule has 0 radical (unpaired) electrons. The first kappa shape index (κ1) is 14.1. The summed E-state index contributed by atoms with van der Waals surface area (Å²) in [5.74, 6) is 0.414. The Hall–Kier alpha value is -1.30. The van der Waals surface area contributed by atoms with Gasteiger partial charge in [-0.3, -0.25) is 0 Å². The minimum absolute atomic E-state index is 0.329. The fraction of sp³-hybridized carbons (Fsp3) is 0.615. The number of nitrogens with zero attached hydrogens (tertiary/aromatic N) is 2. The normalized spacial score (nSPS) is 20.6. The molecule has 1 N–H and O–H groups in total. The number of anilines is 1. The van der Waals surface area contributed by atoms with Crippen molar-refractivity contribution in [3.63, 3.8) is 0 Å². The molecule has 19 heavy (non-hydrogen) atoms. The number of alkyl halides is 3. The summed E-state index contributed by atoms with van der Waals surface area (Å²) in [6.07, 6.45) is -2.36. The topological polar surface area (TPSA) is 28.2 Å². The van der Waals surface area contributed by atoms with Crippen molar-refractivity contribution < 1.29 is 13.2 Å². The molecule has 1 aromatic rings. The van der Waals surface area contributed by atoms with Gasteiger partial charge in [0.25, 0.3) is 0 Å². The summed E-state index contributed by atoms with van der Waals surface area (Å²) >= 11 is 0. The minimum Gasteiger partial charge on any atom is -0.355 e. The zero-order chi connectivity index (χ0) is 13.9. The van der Waals surface area contributed by atoms with Gasteiger partial charge in [-0.05, 0) is 31.5 Å². The lowest BCUT2D eigenvalue weighted by molar-refractivity contribution is -0.141. The molecule has 0 aromatic carbocycles. The Kier molecular flexibility index (Phi) is 4.29. The van der Waals surface area contributed by atoms with Crippen LogP contribution in [0.2, 0.25) is 0 Å². The fourth-order valence-corrected chi connectivity index (χ4v) is 2.40. The predicted molar refractivity (Wildman–Crippen MR) is 68.2 cm³/mol. The number of hydrogen-bond acceptors (Lipinski definition) is 3. The molecular weight excluding hydrogens is 255 g/mol. The van der Waals surface area contributed by atoms with E-state index < -0.39 is 11.9 Å². The number of hydrogen-bond donors (Lipinski definition) is 1. The van der Waals surface area contributed by atoms with Crippen LogP contribution in [0, 0.1) is 0 Å². The molecule has 2 heterocycles. The zero-order valence-corrected chi connectivity index (χ0v) is 10.9. The summed E-state index contributed by atoms with van der Waals surface area (Å²) < 4.78 is 37.9. The van der Waals surface area contributed by atoms with Gasteiger partial charge in [-0.25, -0.2) is 4.98 Å². The van der Waals surface area contributed by atoms with Gasteiger partial charge in [0.05, 0.1) is 0 Å². The van der Waals surface area contributed by atoms with Gasteiger partial charge in [0.2, 0.25) is 0 Å². The molecular formula is C13H18F3N3. The van der Waals surface area contributed by atoms with Crippen LogP contribution in [0.3, 0.4) is 0 Å². The second-order valence-corrected chi connectivity index (χ2v) is 4.72. The second-order valence-electron chi connectivity index (χ2n) is 4.72. The van der Waals surface area contributed by atoms with Gasteiger partial charge in [-0.2, -0.15) is 13.2 Å². The van der Waals surface area contributed by atoms with Crippen molar-refractivity contribution in [3.05, 3.63) is 23.9 Å². The van der Waals surface area contributed by atoms with E-state index >= 15 is 0 Å². The van der Waals surface area contributed by atoms with Gasteiger partial charge >= 0.3 is 6.18 Å². The van der Waals surface area contributed by atoms with E-state index in [0.717, 1.165) is 32.0 Å². The summed E-state index contributed by atoms with van der Waals surface area (Å²) in [6.45, 7) is 4.37. The Labute approximate surface area is 110 Å². The monoisotopic (exact) mass is 273 g/mol. The Morgan fingerprint density at radius 1 is 1.42 bits per heavy atom. The number of piperidine rings is 1. The van der Waals surface area contributed by atoms with Gasteiger partial charge in [-0.1, -0.05) is 13.0 Å². The average Bonchev–Trinajstić information content (AvgIpc) is 2.39. The number of nitrogens with one attached hydrogen (secondary N) is 1. The molecule has 1 atom stereocenters. The smallest absolute Gasteiger partial charge is 0.355 e. The Balaban J connectivity index is 2.13. The van der Waals surface area contributed by atoms with Crippen LogP contribution in [-0.4, -0.2) is 30.7 Å². The molecule has 1 saturated heterocycles. The van der Waals surface area contributed by atoms with Crippen LogP contribution >= 0.6 is 0 Å². The van der Waals surface area contributed by atoms with E-state index in [-0.39, 0.29) is 0 Å². The van der Waals surface area contributed by atoms with Gasteiger partial charge in [0, 0.05) is 19.1 Å². The molecule has 1 unspecified atom stereocenters. The number of rotatable bonds is 3. The first-order chi connectivity index (χ1) is 9.00. The van der Waals surface area contributed by atoms with Crippen LogP contribution in [0.25, 0.3) is 0 Å². The average molecular weight is 273 g/mol. The van der Waals surface area contributed by atoms with E-state index in [4.69, 9.17) is 0 Å². The predicted octanol–water partition coefficient (Wildman–Crippen LogP) is 2.68. The van der Waals surface area contributed by atoms with Crippen LogP contribution < -0.4 is 10.2 Å². The van der Waals surface area contributed by atoms with Gasteiger partial charge in [0.15, 0.2) is 0 Å². The van der Waals surface area contributed by atoms with Crippen molar-refractivity contribution in [2.45, 2.75) is 32.0 Å². The van der Waals surface area contributed by atoms with Crippen LogP contribution in [0.1, 0.15) is 25.5 Å². The van der Waals surface area contributed by atoms with Crippen molar-refractivity contribution in [2.24, 2.45) is 0 Å². The van der Waals surface area contributed by atoms with E-state index in [1.54, 1.807) is 6.07 Å². The van der Waals surface area contributed by atoms with E-state index in [9.17, 15) is 13.2 Å². The van der Waals surface area contributed by atoms with Gasteiger partial charge < -0.3 is 10.2 Å². The molecule has 0 aliphatic carbocycles. The summed E-state index contributed by atoms with van der Waals surface area (Å²) in [6, 6.07) is 4.40. The maximum absolute atomic E-state index is 12.6. The zero-order valence-electron chi connectivity index (χ0n) is 10.9.